The smallest absolute Gasteiger partial charge is 0.201 e. The Bertz CT molecular complexity index is 761. The summed E-state index contributed by atoms with van der Waals surface area (Å²) in [5, 5.41) is 0. The zero-order valence-electron chi connectivity index (χ0n) is 14.7. The Morgan fingerprint density at radius 3 is 2.28 bits per heavy atom. The molecule has 25 heavy (non-hydrogen) atoms. The average Bonchev–Trinajstić information content (AvgIpc) is 2.67. The van der Waals surface area contributed by atoms with Crippen molar-refractivity contribution in [1.82, 2.24) is 0 Å². The molecule has 4 rings (SSSR count). The van der Waals surface area contributed by atoms with Crippen LogP contribution in [-0.4, -0.2) is 0 Å². The molecule has 1 aliphatic heterocycles. The Morgan fingerprint density at radius 2 is 1.56 bits per heavy atom. The zero-order chi connectivity index (χ0) is 17.4. The Labute approximate surface area is 148 Å². The summed E-state index contributed by atoms with van der Waals surface area (Å²) in [6.07, 6.45) is 7.84. The molecule has 1 heterocycles. The predicted octanol–water partition coefficient (Wildman–Crippen LogP) is 6.39. The van der Waals surface area contributed by atoms with Gasteiger partial charge in [-0.2, -0.15) is 4.39 Å². The highest BCUT2D eigenvalue weighted by molar-refractivity contribution is 5.42. The largest absolute Gasteiger partial charge is 0.482 e. The molecular formula is C22H24F2O. The van der Waals surface area contributed by atoms with Crippen LogP contribution in [0.15, 0.2) is 30.3 Å². The molecule has 1 unspecified atom stereocenters. The summed E-state index contributed by atoms with van der Waals surface area (Å²) < 4.78 is 33.9. The molecule has 1 saturated carbocycles. The van der Waals surface area contributed by atoms with Crippen LogP contribution in [0.5, 0.6) is 5.75 Å². The summed E-state index contributed by atoms with van der Waals surface area (Å²) in [6, 6.07) is 10.3. The van der Waals surface area contributed by atoms with Gasteiger partial charge in [-0.25, -0.2) is 4.39 Å². The van der Waals surface area contributed by atoms with Crippen LogP contribution in [0.2, 0.25) is 0 Å². The van der Waals surface area contributed by atoms with Crippen molar-refractivity contribution in [3.05, 3.63) is 64.2 Å². The summed E-state index contributed by atoms with van der Waals surface area (Å²) in [5.74, 6) is -0.883. The van der Waals surface area contributed by atoms with Gasteiger partial charge in [-0.3, -0.25) is 0 Å². The van der Waals surface area contributed by atoms with Crippen LogP contribution in [0, 0.1) is 18.6 Å². The summed E-state index contributed by atoms with van der Waals surface area (Å²) in [4.78, 5) is 0. The van der Waals surface area contributed by atoms with E-state index in [-0.39, 0.29) is 11.9 Å². The van der Waals surface area contributed by atoms with Gasteiger partial charge in [0.05, 0.1) is 0 Å². The summed E-state index contributed by atoms with van der Waals surface area (Å²) in [5.41, 5.74) is 3.56. The molecule has 0 bridgehead atoms. The predicted molar refractivity (Wildman–Crippen MR) is 95.1 cm³/mol. The summed E-state index contributed by atoms with van der Waals surface area (Å²) in [7, 11) is 0. The highest BCUT2D eigenvalue weighted by atomic mass is 19.2. The van der Waals surface area contributed by atoms with E-state index >= 15 is 0 Å². The fourth-order valence-electron chi connectivity index (χ4n) is 4.26. The maximum atomic E-state index is 14.2. The maximum Gasteiger partial charge on any atom is 0.201 e. The number of halogens is 2. The minimum absolute atomic E-state index is 0.0932. The Morgan fingerprint density at radius 1 is 0.880 bits per heavy atom. The van der Waals surface area contributed by atoms with E-state index in [1.165, 1.54) is 37.7 Å². The van der Waals surface area contributed by atoms with Gasteiger partial charge in [0.25, 0.3) is 0 Å². The van der Waals surface area contributed by atoms with Crippen LogP contribution in [-0.2, 0) is 6.42 Å². The third-order valence-electron chi connectivity index (χ3n) is 5.74. The lowest BCUT2D eigenvalue weighted by Crippen LogP contribution is -2.17. The molecule has 3 heteroatoms. The molecule has 1 fully saturated rings. The first-order chi connectivity index (χ1) is 12.1. The number of rotatable bonds is 2. The minimum atomic E-state index is -0.849. The van der Waals surface area contributed by atoms with E-state index < -0.39 is 11.6 Å². The molecule has 1 atom stereocenters. The number of hydrogen-bond donors (Lipinski definition) is 0. The molecule has 0 spiro atoms. The second kappa shape index (κ2) is 6.78. The Balaban J connectivity index is 1.54. The zero-order valence-corrected chi connectivity index (χ0v) is 14.7. The Hall–Kier alpha value is -1.90. The first kappa shape index (κ1) is 16.6. The lowest BCUT2D eigenvalue weighted by atomic mass is 9.83. The monoisotopic (exact) mass is 342 g/mol. The van der Waals surface area contributed by atoms with Gasteiger partial charge in [0.1, 0.15) is 6.10 Å². The lowest BCUT2D eigenvalue weighted by molar-refractivity contribution is 0.165. The highest BCUT2D eigenvalue weighted by Crippen LogP contribution is 2.39. The van der Waals surface area contributed by atoms with Gasteiger partial charge in [0.2, 0.25) is 5.82 Å². The minimum Gasteiger partial charge on any atom is -0.482 e. The van der Waals surface area contributed by atoms with E-state index in [1.54, 1.807) is 13.0 Å². The molecule has 0 radical (unpaired) electrons. The molecule has 0 saturated heterocycles. The van der Waals surface area contributed by atoms with Crippen LogP contribution in [0.3, 0.4) is 0 Å². The van der Waals surface area contributed by atoms with Gasteiger partial charge >= 0.3 is 0 Å². The molecular weight excluding hydrogens is 318 g/mol. The van der Waals surface area contributed by atoms with Gasteiger partial charge in [-0.1, -0.05) is 43.5 Å². The number of aryl methyl sites for hydroxylation is 2. The van der Waals surface area contributed by atoms with Crippen molar-refractivity contribution in [3.8, 4) is 5.75 Å². The second-order valence-electron chi connectivity index (χ2n) is 7.46. The first-order valence-corrected chi connectivity index (χ1v) is 9.37. The van der Waals surface area contributed by atoms with E-state index in [9.17, 15) is 8.78 Å². The standard InChI is InChI=1S/C22H24F2O/c1-14-13-18-11-12-19(25-22(18)21(24)20(14)23)17-9-7-16(8-10-17)15-5-3-2-4-6-15/h7-10,13,15,19H,2-6,11-12H2,1H3. The molecule has 132 valence electrons. The van der Waals surface area contributed by atoms with Crippen LogP contribution >= 0.6 is 0 Å². The fourth-order valence-corrected chi connectivity index (χ4v) is 4.26. The van der Waals surface area contributed by atoms with Crippen molar-refractivity contribution < 1.29 is 13.5 Å². The second-order valence-corrected chi connectivity index (χ2v) is 7.46. The average molecular weight is 342 g/mol. The third kappa shape index (κ3) is 3.17. The van der Waals surface area contributed by atoms with Crippen LogP contribution in [0.1, 0.15) is 72.8 Å². The maximum absolute atomic E-state index is 14.2. The van der Waals surface area contributed by atoms with E-state index in [4.69, 9.17) is 4.74 Å². The van der Waals surface area contributed by atoms with Gasteiger partial charge in [0, 0.05) is 0 Å². The number of benzene rings is 2. The van der Waals surface area contributed by atoms with Crippen molar-refractivity contribution in [2.24, 2.45) is 0 Å². The van der Waals surface area contributed by atoms with Crippen molar-refractivity contribution in [1.29, 1.82) is 0 Å². The summed E-state index contributed by atoms with van der Waals surface area (Å²) in [6.45, 7) is 1.59. The van der Waals surface area contributed by atoms with Gasteiger partial charge in [-0.05, 0) is 66.8 Å². The number of ether oxygens (including phenoxy) is 1. The number of hydrogen-bond acceptors (Lipinski definition) is 1. The first-order valence-electron chi connectivity index (χ1n) is 9.37. The van der Waals surface area contributed by atoms with E-state index in [1.807, 2.05) is 0 Å². The molecule has 0 amide bonds. The van der Waals surface area contributed by atoms with Crippen molar-refractivity contribution in [3.63, 3.8) is 0 Å². The van der Waals surface area contributed by atoms with Gasteiger partial charge in [-0.15, -0.1) is 0 Å². The molecule has 1 nitrogen and oxygen atoms in total. The number of fused-ring (bicyclic) bond motifs is 1. The Kier molecular flexibility index (Phi) is 4.49. The van der Waals surface area contributed by atoms with E-state index in [2.05, 4.69) is 24.3 Å². The topological polar surface area (TPSA) is 9.23 Å². The summed E-state index contributed by atoms with van der Waals surface area (Å²) >= 11 is 0. The molecule has 2 aromatic rings. The van der Waals surface area contributed by atoms with Crippen molar-refractivity contribution in [2.45, 2.75) is 63.9 Å². The molecule has 0 N–H and O–H groups in total. The third-order valence-corrected chi connectivity index (χ3v) is 5.74. The highest BCUT2D eigenvalue weighted by Gasteiger charge is 2.27. The van der Waals surface area contributed by atoms with E-state index in [0.717, 1.165) is 17.5 Å². The van der Waals surface area contributed by atoms with Crippen LogP contribution in [0.4, 0.5) is 8.78 Å². The van der Waals surface area contributed by atoms with Crippen LogP contribution in [0.25, 0.3) is 0 Å². The van der Waals surface area contributed by atoms with E-state index in [0.29, 0.717) is 17.9 Å². The SMILES string of the molecule is Cc1cc2c(c(F)c1F)OC(c1ccc(C3CCCCC3)cc1)CC2. The van der Waals surface area contributed by atoms with Gasteiger partial charge < -0.3 is 4.74 Å². The molecule has 0 aromatic heterocycles. The quantitative estimate of drug-likeness (QED) is 0.614. The fraction of sp³-hybridized carbons (Fsp3) is 0.455. The normalized spacial score (nSPS) is 20.8. The lowest BCUT2D eigenvalue weighted by Gasteiger charge is -2.28. The van der Waals surface area contributed by atoms with Crippen molar-refractivity contribution in [2.75, 3.05) is 0 Å². The molecule has 2 aromatic carbocycles. The van der Waals surface area contributed by atoms with Gasteiger partial charge in [0.15, 0.2) is 11.6 Å². The van der Waals surface area contributed by atoms with Crippen molar-refractivity contribution >= 4 is 0 Å². The molecule has 1 aliphatic carbocycles. The molecule has 2 aliphatic rings. The van der Waals surface area contributed by atoms with Crippen LogP contribution < -0.4 is 4.74 Å².